The first-order valence-corrected chi connectivity index (χ1v) is 8.30. The number of fused-ring (bicyclic) bond motifs is 1. The molecule has 0 atom stereocenters. The van der Waals surface area contributed by atoms with Crippen molar-refractivity contribution in [3.63, 3.8) is 0 Å². The number of aryl methyl sites for hydroxylation is 1. The van der Waals surface area contributed by atoms with E-state index in [1.807, 2.05) is 24.3 Å². The largest absolute Gasteiger partial charge is 0.497 e. The number of methoxy groups -OCH3 is 1. The Hall–Kier alpha value is -2.71. The first-order valence-electron chi connectivity index (χ1n) is 7.92. The number of anilines is 1. The number of rotatable bonds is 4. The number of halogens is 1. The lowest BCUT2D eigenvalue weighted by atomic mass is 10.0. The van der Waals surface area contributed by atoms with E-state index in [-0.39, 0.29) is 12.5 Å². The van der Waals surface area contributed by atoms with Crippen LogP contribution in [0.2, 0.25) is 5.02 Å². The van der Waals surface area contributed by atoms with Crippen molar-refractivity contribution in [1.29, 1.82) is 5.26 Å². The van der Waals surface area contributed by atoms with Crippen molar-refractivity contribution >= 4 is 23.2 Å². The van der Waals surface area contributed by atoms with E-state index in [2.05, 4.69) is 0 Å². The number of nitrogens with zero attached hydrogens (tertiary/aromatic N) is 2. The lowest BCUT2D eigenvalue weighted by Crippen LogP contribution is -2.38. The maximum Gasteiger partial charge on any atom is 0.264 e. The van der Waals surface area contributed by atoms with Gasteiger partial charge in [-0.25, -0.2) is 0 Å². The maximum atomic E-state index is 12.6. The molecule has 6 heteroatoms. The minimum Gasteiger partial charge on any atom is -0.497 e. The van der Waals surface area contributed by atoms with Gasteiger partial charge in [0.2, 0.25) is 0 Å². The number of benzene rings is 2. The van der Waals surface area contributed by atoms with Gasteiger partial charge in [0.1, 0.15) is 11.5 Å². The molecule has 0 radical (unpaired) electrons. The molecule has 0 aliphatic carbocycles. The Kier molecular flexibility index (Phi) is 5.11. The Morgan fingerprint density at radius 1 is 1.32 bits per heavy atom. The van der Waals surface area contributed by atoms with Crippen molar-refractivity contribution < 1.29 is 14.3 Å². The second-order valence-electron chi connectivity index (χ2n) is 5.69. The van der Waals surface area contributed by atoms with Crippen molar-refractivity contribution in [2.45, 2.75) is 12.8 Å². The molecule has 0 saturated heterocycles. The molecule has 0 spiro atoms. The fraction of sp³-hybridized carbons (Fsp3) is 0.263. The van der Waals surface area contributed by atoms with Crippen LogP contribution in [0.25, 0.3) is 0 Å². The van der Waals surface area contributed by atoms with E-state index in [0.717, 1.165) is 29.8 Å². The van der Waals surface area contributed by atoms with E-state index < -0.39 is 0 Å². The Balaban J connectivity index is 1.72. The fourth-order valence-electron chi connectivity index (χ4n) is 2.86. The van der Waals surface area contributed by atoms with Gasteiger partial charge in [-0.2, -0.15) is 5.26 Å². The Bertz CT molecular complexity index is 845. The molecule has 2 aromatic carbocycles. The van der Waals surface area contributed by atoms with Crippen molar-refractivity contribution in [2.24, 2.45) is 0 Å². The van der Waals surface area contributed by atoms with Crippen molar-refractivity contribution in [3.05, 3.63) is 52.5 Å². The summed E-state index contributed by atoms with van der Waals surface area (Å²) >= 11 is 6.08. The molecule has 1 heterocycles. The zero-order valence-electron chi connectivity index (χ0n) is 13.8. The van der Waals surface area contributed by atoms with Crippen LogP contribution in [0.4, 0.5) is 5.69 Å². The molecular formula is C19H17ClN2O3. The highest BCUT2D eigenvalue weighted by Crippen LogP contribution is 2.31. The van der Waals surface area contributed by atoms with E-state index >= 15 is 0 Å². The van der Waals surface area contributed by atoms with E-state index in [9.17, 15) is 4.79 Å². The van der Waals surface area contributed by atoms with Crippen LogP contribution < -0.4 is 14.4 Å². The summed E-state index contributed by atoms with van der Waals surface area (Å²) in [5.74, 6) is 1.04. The third kappa shape index (κ3) is 3.70. The Morgan fingerprint density at radius 3 is 2.88 bits per heavy atom. The summed E-state index contributed by atoms with van der Waals surface area (Å²) in [6.45, 7) is 0.541. The second-order valence-corrected chi connectivity index (χ2v) is 6.10. The zero-order valence-corrected chi connectivity index (χ0v) is 14.5. The Morgan fingerprint density at radius 2 is 2.16 bits per heavy atom. The number of amides is 1. The smallest absolute Gasteiger partial charge is 0.264 e. The molecule has 0 fully saturated rings. The highest BCUT2D eigenvalue weighted by Gasteiger charge is 2.23. The molecule has 0 N–H and O–H groups in total. The van der Waals surface area contributed by atoms with Crippen LogP contribution in [0.3, 0.4) is 0 Å². The summed E-state index contributed by atoms with van der Waals surface area (Å²) in [5.41, 5.74) is 2.43. The van der Waals surface area contributed by atoms with Crippen LogP contribution in [0.5, 0.6) is 11.5 Å². The lowest BCUT2D eigenvalue weighted by molar-refractivity contribution is -0.120. The number of nitriles is 1. The van der Waals surface area contributed by atoms with Crippen LogP contribution in [-0.4, -0.2) is 26.2 Å². The average molecular weight is 357 g/mol. The summed E-state index contributed by atoms with van der Waals surface area (Å²) in [6, 6.07) is 12.4. The SMILES string of the molecule is COc1ccc2c(c1)CCCN2C(=O)COc1ccc(C#N)cc1Cl. The van der Waals surface area contributed by atoms with E-state index in [1.54, 1.807) is 24.1 Å². The summed E-state index contributed by atoms with van der Waals surface area (Å²) < 4.78 is 10.8. The molecule has 128 valence electrons. The van der Waals surface area contributed by atoms with Gasteiger partial charge in [-0.1, -0.05) is 11.6 Å². The van der Waals surface area contributed by atoms with Crippen molar-refractivity contribution in [2.75, 3.05) is 25.2 Å². The fourth-order valence-corrected chi connectivity index (χ4v) is 3.10. The van der Waals surface area contributed by atoms with Gasteiger partial charge < -0.3 is 14.4 Å². The van der Waals surface area contributed by atoms with Gasteiger partial charge in [0.05, 0.1) is 23.8 Å². The van der Waals surface area contributed by atoms with Crippen molar-refractivity contribution in [3.8, 4) is 17.6 Å². The number of hydrogen-bond acceptors (Lipinski definition) is 4. The summed E-state index contributed by atoms with van der Waals surface area (Å²) in [5, 5.41) is 9.17. The van der Waals surface area contributed by atoms with Gasteiger partial charge in [0.25, 0.3) is 5.91 Å². The molecule has 0 bridgehead atoms. The zero-order chi connectivity index (χ0) is 17.8. The summed E-state index contributed by atoms with van der Waals surface area (Å²) in [7, 11) is 1.63. The van der Waals surface area contributed by atoms with Crippen LogP contribution in [0.15, 0.2) is 36.4 Å². The Labute approximate surface area is 151 Å². The second kappa shape index (κ2) is 7.45. The monoisotopic (exact) mass is 356 g/mol. The molecule has 3 rings (SSSR count). The third-order valence-corrected chi connectivity index (χ3v) is 4.41. The van der Waals surface area contributed by atoms with E-state index in [1.165, 1.54) is 6.07 Å². The number of carbonyl (C=O) groups excluding carboxylic acids is 1. The van der Waals surface area contributed by atoms with Gasteiger partial charge in [-0.05, 0) is 54.8 Å². The molecule has 0 aromatic heterocycles. The number of hydrogen-bond donors (Lipinski definition) is 0. The predicted octanol–water partition coefficient (Wildman–Crippen LogP) is 3.58. The van der Waals surface area contributed by atoms with Gasteiger partial charge in [0.15, 0.2) is 6.61 Å². The van der Waals surface area contributed by atoms with E-state index in [4.69, 9.17) is 26.3 Å². The molecule has 1 amide bonds. The van der Waals surface area contributed by atoms with Crippen LogP contribution in [0, 0.1) is 11.3 Å². The van der Waals surface area contributed by atoms with Crippen LogP contribution in [-0.2, 0) is 11.2 Å². The predicted molar refractivity (Wildman–Crippen MR) is 95.3 cm³/mol. The first-order chi connectivity index (χ1) is 12.1. The molecule has 1 aliphatic rings. The molecular weight excluding hydrogens is 340 g/mol. The molecule has 25 heavy (non-hydrogen) atoms. The maximum absolute atomic E-state index is 12.6. The van der Waals surface area contributed by atoms with Gasteiger partial charge in [0, 0.05) is 12.2 Å². The minimum atomic E-state index is -0.133. The molecule has 2 aromatic rings. The molecule has 1 aliphatic heterocycles. The normalized spacial score (nSPS) is 12.9. The highest BCUT2D eigenvalue weighted by atomic mass is 35.5. The minimum absolute atomic E-state index is 0.114. The topological polar surface area (TPSA) is 62.6 Å². The average Bonchev–Trinajstić information content (AvgIpc) is 2.65. The van der Waals surface area contributed by atoms with Gasteiger partial charge >= 0.3 is 0 Å². The molecule has 0 saturated carbocycles. The summed E-state index contributed by atoms with van der Waals surface area (Å²) in [4.78, 5) is 14.3. The number of ether oxygens (including phenoxy) is 2. The highest BCUT2D eigenvalue weighted by molar-refractivity contribution is 6.32. The van der Waals surface area contributed by atoms with Gasteiger partial charge in [-0.15, -0.1) is 0 Å². The van der Waals surface area contributed by atoms with Crippen molar-refractivity contribution in [1.82, 2.24) is 0 Å². The van der Waals surface area contributed by atoms with E-state index in [0.29, 0.717) is 22.9 Å². The molecule has 0 unspecified atom stereocenters. The third-order valence-electron chi connectivity index (χ3n) is 4.12. The summed E-state index contributed by atoms with van der Waals surface area (Å²) in [6.07, 6.45) is 1.81. The van der Waals surface area contributed by atoms with Crippen LogP contribution >= 0.6 is 11.6 Å². The number of carbonyl (C=O) groups is 1. The lowest BCUT2D eigenvalue weighted by Gasteiger charge is -2.29. The van der Waals surface area contributed by atoms with Crippen LogP contribution in [0.1, 0.15) is 17.5 Å². The van der Waals surface area contributed by atoms with Gasteiger partial charge in [-0.3, -0.25) is 4.79 Å². The first kappa shape index (κ1) is 17.1. The standard InChI is InChI=1S/C19H17ClN2O3/c1-24-15-5-6-17-14(10-15)3-2-8-22(17)19(23)12-25-18-7-4-13(11-21)9-16(18)20/h4-7,9-10H,2-3,8,12H2,1H3. The quantitative estimate of drug-likeness (QED) is 0.840. The molecule has 5 nitrogen and oxygen atoms in total.